The van der Waals surface area contributed by atoms with Crippen LogP contribution in [0.15, 0.2) is 72.9 Å². The fraction of sp³-hybridized carbons (Fsp3) is 0.733. The summed E-state index contributed by atoms with van der Waals surface area (Å²) in [6, 6.07) is 0. The highest BCUT2D eigenvalue weighted by atomic mass is 16.7. The third kappa shape index (κ3) is 28.2. The second-order valence-corrected chi connectivity index (χ2v) is 14.2. The molecule has 0 N–H and O–H groups in total. The highest BCUT2D eigenvalue weighted by molar-refractivity contribution is 4.98. The SMILES string of the molecule is CC/C=C\C/C=C\C/C=C\CCCCCCCCCC1(CCCCCCCCC/C=C\C/C=C\C/C=C\CC)OCC(CCN(C)C)O1. The maximum Gasteiger partial charge on any atom is 0.168 e. The minimum absolute atomic E-state index is 0.258. The maximum atomic E-state index is 6.68. The molecule has 0 spiro atoms. The van der Waals surface area contributed by atoms with Crippen LogP contribution in [0.4, 0.5) is 0 Å². The van der Waals surface area contributed by atoms with Crippen LogP contribution in [-0.4, -0.2) is 44.0 Å². The van der Waals surface area contributed by atoms with Gasteiger partial charge in [-0.1, -0.05) is 151 Å². The standard InChI is InChI=1S/C45H79NO2/c1-5-7-9-11-13-15-17-19-21-23-25-27-29-31-33-35-37-40-45(47-43-44(48-45)39-42-46(3)4)41-38-36-34-32-30-28-26-24-22-20-18-16-14-12-10-8-6-2/h7-10,13-16,19-22,44H,5-6,11-12,17-18,23-43H2,1-4H3/b9-7-,10-8-,15-13-,16-14-,21-19-,22-20-. The Morgan fingerprint density at radius 1 is 0.500 bits per heavy atom. The molecule has 1 fully saturated rings. The van der Waals surface area contributed by atoms with E-state index in [4.69, 9.17) is 9.47 Å². The fourth-order valence-electron chi connectivity index (χ4n) is 6.28. The molecule has 0 saturated carbocycles. The maximum absolute atomic E-state index is 6.68. The van der Waals surface area contributed by atoms with Gasteiger partial charge in [0.1, 0.15) is 0 Å². The Labute approximate surface area is 300 Å². The summed E-state index contributed by atoms with van der Waals surface area (Å²) in [6.07, 6.45) is 58.5. The van der Waals surface area contributed by atoms with Crippen LogP contribution in [0.25, 0.3) is 0 Å². The molecule has 0 radical (unpaired) electrons. The van der Waals surface area contributed by atoms with Crippen molar-refractivity contribution in [3.63, 3.8) is 0 Å². The van der Waals surface area contributed by atoms with Gasteiger partial charge in [0.25, 0.3) is 0 Å². The van der Waals surface area contributed by atoms with Crippen molar-refractivity contribution >= 4 is 0 Å². The summed E-state index contributed by atoms with van der Waals surface area (Å²) in [7, 11) is 4.30. The quantitative estimate of drug-likeness (QED) is 0.0514. The van der Waals surface area contributed by atoms with Gasteiger partial charge in [-0.05, 0) is 97.6 Å². The van der Waals surface area contributed by atoms with Crippen LogP contribution in [0.1, 0.15) is 174 Å². The van der Waals surface area contributed by atoms with Gasteiger partial charge in [-0.3, -0.25) is 0 Å². The lowest BCUT2D eigenvalue weighted by Gasteiger charge is -2.29. The molecule has 1 heterocycles. The highest BCUT2D eigenvalue weighted by Crippen LogP contribution is 2.35. The molecule has 276 valence electrons. The van der Waals surface area contributed by atoms with Crippen molar-refractivity contribution in [2.75, 3.05) is 27.2 Å². The third-order valence-corrected chi connectivity index (χ3v) is 9.23. The molecule has 0 aromatic carbocycles. The second-order valence-electron chi connectivity index (χ2n) is 14.2. The Morgan fingerprint density at radius 2 is 0.875 bits per heavy atom. The fourth-order valence-corrected chi connectivity index (χ4v) is 6.28. The summed E-state index contributed by atoms with van der Waals surface area (Å²) in [6.45, 7) is 6.21. The zero-order valence-corrected chi connectivity index (χ0v) is 32.4. The Morgan fingerprint density at radius 3 is 1.29 bits per heavy atom. The summed E-state index contributed by atoms with van der Waals surface area (Å²) >= 11 is 0. The van der Waals surface area contributed by atoms with Crippen molar-refractivity contribution in [3.05, 3.63) is 72.9 Å². The molecule has 0 amide bonds. The minimum atomic E-state index is -0.321. The predicted octanol–water partition coefficient (Wildman–Crippen LogP) is 13.8. The topological polar surface area (TPSA) is 21.7 Å². The van der Waals surface area contributed by atoms with E-state index in [1.807, 2.05) is 0 Å². The van der Waals surface area contributed by atoms with E-state index < -0.39 is 0 Å². The van der Waals surface area contributed by atoms with Crippen molar-refractivity contribution in [2.24, 2.45) is 0 Å². The van der Waals surface area contributed by atoms with Gasteiger partial charge in [0.05, 0.1) is 12.7 Å². The summed E-state index contributed by atoms with van der Waals surface area (Å²) in [5, 5.41) is 0. The molecule has 1 unspecified atom stereocenters. The first-order chi connectivity index (χ1) is 23.6. The molecule has 1 rings (SSSR count). The van der Waals surface area contributed by atoms with Crippen LogP contribution in [0.5, 0.6) is 0 Å². The summed E-state index contributed by atoms with van der Waals surface area (Å²) in [4.78, 5) is 2.26. The second kappa shape index (κ2) is 33.8. The normalized spacial score (nSPS) is 17.1. The molecule has 1 aliphatic heterocycles. The molecule has 1 atom stereocenters. The van der Waals surface area contributed by atoms with E-state index in [0.717, 1.165) is 70.9 Å². The Kier molecular flexibility index (Phi) is 31.2. The number of allylic oxidation sites excluding steroid dienone is 12. The first-order valence-electron chi connectivity index (χ1n) is 20.5. The molecular weight excluding hydrogens is 587 g/mol. The van der Waals surface area contributed by atoms with E-state index in [0.29, 0.717) is 0 Å². The van der Waals surface area contributed by atoms with Crippen LogP contribution in [0.2, 0.25) is 0 Å². The molecule has 3 heteroatoms. The number of unbranched alkanes of at least 4 members (excludes halogenated alkanes) is 14. The highest BCUT2D eigenvalue weighted by Gasteiger charge is 2.40. The lowest BCUT2D eigenvalue weighted by Crippen LogP contribution is -2.31. The van der Waals surface area contributed by atoms with Crippen LogP contribution in [0, 0.1) is 0 Å². The van der Waals surface area contributed by atoms with Crippen molar-refractivity contribution < 1.29 is 9.47 Å². The van der Waals surface area contributed by atoms with Gasteiger partial charge in [-0.2, -0.15) is 0 Å². The number of rotatable bonds is 33. The Bertz CT molecular complexity index is 808. The van der Waals surface area contributed by atoms with Gasteiger partial charge >= 0.3 is 0 Å². The Hall–Kier alpha value is -1.68. The van der Waals surface area contributed by atoms with Gasteiger partial charge in [0.15, 0.2) is 5.79 Å². The average Bonchev–Trinajstić information content (AvgIpc) is 3.49. The van der Waals surface area contributed by atoms with Gasteiger partial charge in [-0.15, -0.1) is 0 Å². The third-order valence-electron chi connectivity index (χ3n) is 9.23. The smallest absolute Gasteiger partial charge is 0.168 e. The van der Waals surface area contributed by atoms with E-state index in [-0.39, 0.29) is 11.9 Å². The molecule has 0 aromatic heterocycles. The predicted molar refractivity (Wildman–Crippen MR) is 214 cm³/mol. The first-order valence-corrected chi connectivity index (χ1v) is 20.5. The first kappa shape index (κ1) is 44.3. The molecule has 0 bridgehead atoms. The van der Waals surface area contributed by atoms with Crippen LogP contribution >= 0.6 is 0 Å². The van der Waals surface area contributed by atoms with E-state index in [1.165, 1.54) is 103 Å². The number of hydrogen-bond acceptors (Lipinski definition) is 3. The molecule has 0 aromatic rings. The van der Waals surface area contributed by atoms with Gasteiger partial charge in [0, 0.05) is 19.4 Å². The molecule has 0 aliphatic carbocycles. The van der Waals surface area contributed by atoms with Crippen LogP contribution in [-0.2, 0) is 9.47 Å². The van der Waals surface area contributed by atoms with Crippen LogP contribution < -0.4 is 0 Å². The molecular formula is C45H79NO2. The Balaban J connectivity index is 2.15. The van der Waals surface area contributed by atoms with Gasteiger partial charge in [0.2, 0.25) is 0 Å². The number of hydrogen-bond donors (Lipinski definition) is 0. The molecule has 1 saturated heterocycles. The largest absolute Gasteiger partial charge is 0.347 e. The van der Waals surface area contributed by atoms with Crippen molar-refractivity contribution in [1.29, 1.82) is 0 Å². The van der Waals surface area contributed by atoms with E-state index in [2.05, 4.69) is 106 Å². The summed E-state index contributed by atoms with van der Waals surface area (Å²) < 4.78 is 13.2. The molecule has 3 nitrogen and oxygen atoms in total. The zero-order chi connectivity index (χ0) is 34.6. The molecule has 1 aliphatic rings. The lowest BCUT2D eigenvalue weighted by atomic mass is 9.98. The van der Waals surface area contributed by atoms with Crippen molar-refractivity contribution in [3.8, 4) is 0 Å². The minimum Gasteiger partial charge on any atom is -0.347 e. The summed E-state index contributed by atoms with van der Waals surface area (Å²) in [5.41, 5.74) is 0. The molecule has 48 heavy (non-hydrogen) atoms. The van der Waals surface area contributed by atoms with Crippen LogP contribution in [0.3, 0.4) is 0 Å². The van der Waals surface area contributed by atoms with Crippen molar-refractivity contribution in [1.82, 2.24) is 4.90 Å². The van der Waals surface area contributed by atoms with E-state index >= 15 is 0 Å². The number of ether oxygens (including phenoxy) is 2. The monoisotopic (exact) mass is 666 g/mol. The van der Waals surface area contributed by atoms with E-state index in [9.17, 15) is 0 Å². The lowest BCUT2D eigenvalue weighted by molar-refractivity contribution is -0.180. The number of nitrogens with zero attached hydrogens (tertiary/aromatic N) is 1. The average molecular weight is 666 g/mol. The van der Waals surface area contributed by atoms with Gasteiger partial charge in [-0.25, -0.2) is 0 Å². The van der Waals surface area contributed by atoms with Crippen molar-refractivity contribution in [2.45, 2.75) is 186 Å². The van der Waals surface area contributed by atoms with E-state index in [1.54, 1.807) is 0 Å². The van der Waals surface area contributed by atoms with Gasteiger partial charge < -0.3 is 14.4 Å². The summed E-state index contributed by atoms with van der Waals surface area (Å²) in [5.74, 6) is -0.321. The zero-order valence-electron chi connectivity index (χ0n) is 32.4.